The summed E-state index contributed by atoms with van der Waals surface area (Å²) < 4.78 is 28.6. The van der Waals surface area contributed by atoms with E-state index in [1.165, 1.54) is 24.4 Å². The van der Waals surface area contributed by atoms with Gasteiger partial charge in [-0.25, -0.2) is 28.5 Å². The van der Waals surface area contributed by atoms with Crippen molar-refractivity contribution in [2.75, 3.05) is 16.4 Å². The Labute approximate surface area is 205 Å². The van der Waals surface area contributed by atoms with Gasteiger partial charge >= 0.3 is 6.03 Å². The Hall–Kier alpha value is -4.05. The number of nitrogen functional groups attached to an aromatic ring is 1. The van der Waals surface area contributed by atoms with Crippen molar-refractivity contribution >= 4 is 35.0 Å². The summed E-state index contributed by atoms with van der Waals surface area (Å²) in [6.45, 7) is 5.94. The summed E-state index contributed by atoms with van der Waals surface area (Å²) in [6, 6.07) is 8.72. The van der Waals surface area contributed by atoms with Crippen LogP contribution in [0, 0.1) is 11.6 Å². The van der Waals surface area contributed by atoms with E-state index in [9.17, 15) is 13.6 Å². The van der Waals surface area contributed by atoms with Gasteiger partial charge in [0.15, 0.2) is 0 Å². The van der Waals surface area contributed by atoms with E-state index >= 15 is 0 Å². The number of hydrogen-bond acceptors (Lipinski definition) is 5. The molecule has 2 heterocycles. The van der Waals surface area contributed by atoms with Crippen molar-refractivity contribution in [1.29, 1.82) is 0 Å². The van der Waals surface area contributed by atoms with Crippen LogP contribution in [0.3, 0.4) is 0 Å². The molecule has 0 aliphatic carbocycles. The molecular formula is C24H22ClF2N7O. The molecule has 35 heavy (non-hydrogen) atoms. The third kappa shape index (κ3) is 5.55. The highest BCUT2D eigenvalue weighted by Gasteiger charge is 2.24. The van der Waals surface area contributed by atoms with Crippen molar-refractivity contribution in [3.8, 4) is 22.6 Å². The number of nitrogens with two attached hydrogens (primary N) is 1. The molecule has 0 bridgehead atoms. The summed E-state index contributed by atoms with van der Waals surface area (Å²) in [5.74, 6) is -0.584. The van der Waals surface area contributed by atoms with Crippen molar-refractivity contribution in [2.24, 2.45) is 0 Å². The minimum Gasteiger partial charge on any atom is -0.368 e. The van der Waals surface area contributed by atoms with Gasteiger partial charge in [-0.05, 0) is 42.5 Å². The van der Waals surface area contributed by atoms with Gasteiger partial charge in [0.25, 0.3) is 0 Å². The number of urea groups is 1. The lowest BCUT2D eigenvalue weighted by Crippen LogP contribution is -2.20. The second-order valence-corrected chi connectivity index (χ2v) is 9.23. The average molecular weight is 498 g/mol. The summed E-state index contributed by atoms with van der Waals surface area (Å²) in [5.41, 5.74) is 7.28. The smallest absolute Gasteiger partial charge is 0.323 e. The van der Waals surface area contributed by atoms with Crippen LogP contribution >= 0.6 is 11.6 Å². The fourth-order valence-electron chi connectivity index (χ4n) is 3.31. The van der Waals surface area contributed by atoms with Gasteiger partial charge in [-0.1, -0.05) is 32.4 Å². The zero-order valence-corrected chi connectivity index (χ0v) is 19.8. The van der Waals surface area contributed by atoms with Crippen LogP contribution in [0.15, 0.2) is 48.7 Å². The van der Waals surface area contributed by atoms with Crippen molar-refractivity contribution in [1.82, 2.24) is 19.9 Å². The molecular weight excluding hydrogens is 476 g/mol. The fraction of sp³-hybridized carbons (Fsp3) is 0.167. The quantitative estimate of drug-likeness (QED) is 0.276. The molecule has 8 nitrogen and oxygen atoms in total. The second-order valence-electron chi connectivity index (χ2n) is 8.79. The first kappa shape index (κ1) is 24.1. The molecule has 0 radical (unpaired) electrons. The molecule has 0 saturated heterocycles. The van der Waals surface area contributed by atoms with Gasteiger partial charge < -0.3 is 21.4 Å². The minimum atomic E-state index is -0.760. The van der Waals surface area contributed by atoms with E-state index in [1.54, 1.807) is 12.1 Å². The number of rotatable bonds is 4. The zero-order chi connectivity index (χ0) is 25.3. The number of hydrogen-bond donors (Lipinski definition) is 4. The molecule has 0 unspecified atom stereocenters. The van der Waals surface area contributed by atoms with Gasteiger partial charge in [-0.15, -0.1) is 0 Å². The van der Waals surface area contributed by atoms with Crippen LogP contribution in [-0.4, -0.2) is 26.0 Å². The number of anilines is 3. The van der Waals surface area contributed by atoms with E-state index in [1.807, 2.05) is 20.8 Å². The number of carbonyl (C=O) groups is 1. The zero-order valence-electron chi connectivity index (χ0n) is 19.1. The number of halogens is 3. The lowest BCUT2D eigenvalue weighted by molar-refractivity contribution is 0.262. The molecule has 0 aliphatic heterocycles. The summed E-state index contributed by atoms with van der Waals surface area (Å²) >= 11 is 5.74. The van der Waals surface area contributed by atoms with Gasteiger partial charge in [-0.2, -0.15) is 0 Å². The Kier molecular flexibility index (Phi) is 6.40. The Bertz CT molecular complexity index is 1420. The molecule has 4 aromatic rings. The first-order chi connectivity index (χ1) is 16.5. The fourth-order valence-corrected chi connectivity index (χ4v) is 3.47. The Morgan fingerprint density at radius 3 is 2.51 bits per heavy atom. The Balaban J connectivity index is 1.70. The van der Waals surface area contributed by atoms with Gasteiger partial charge in [0.1, 0.15) is 17.5 Å². The van der Waals surface area contributed by atoms with E-state index < -0.39 is 17.7 Å². The van der Waals surface area contributed by atoms with Crippen molar-refractivity contribution in [2.45, 2.75) is 26.2 Å². The van der Waals surface area contributed by atoms with Crippen LogP contribution in [0.2, 0.25) is 5.02 Å². The third-order valence-electron chi connectivity index (χ3n) is 4.95. The second kappa shape index (κ2) is 9.30. The number of aromatic amines is 1. The normalized spacial score (nSPS) is 11.4. The molecule has 0 aliphatic rings. The molecule has 2 amide bonds. The van der Waals surface area contributed by atoms with Crippen molar-refractivity contribution in [3.05, 3.63) is 71.1 Å². The molecule has 0 fully saturated rings. The van der Waals surface area contributed by atoms with Gasteiger partial charge in [0.05, 0.1) is 22.8 Å². The van der Waals surface area contributed by atoms with Gasteiger partial charge in [-0.3, -0.25) is 0 Å². The van der Waals surface area contributed by atoms with E-state index in [4.69, 9.17) is 22.3 Å². The number of H-pyrrole nitrogens is 1. The minimum absolute atomic E-state index is 0.0747. The number of aromatic nitrogens is 4. The maximum absolute atomic E-state index is 14.6. The van der Waals surface area contributed by atoms with Crippen LogP contribution < -0.4 is 16.4 Å². The molecule has 0 atom stereocenters. The first-order valence-electron chi connectivity index (χ1n) is 10.5. The molecule has 2 aromatic heterocycles. The molecule has 5 N–H and O–H groups in total. The van der Waals surface area contributed by atoms with Gasteiger partial charge in [0, 0.05) is 27.9 Å². The Morgan fingerprint density at radius 2 is 1.83 bits per heavy atom. The highest BCUT2D eigenvalue weighted by Crippen LogP contribution is 2.34. The van der Waals surface area contributed by atoms with E-state index in [0.29, 0.717) is 28.5 Å². The molecule has 0 spiro atoms. The van der Waals surface area contributed by atoms with Crippen LogP contribution in [-0.2, 0) is 5.41 Å². The third-order valence-corrected chi connectivity index (χ3v) is 5.19. The number of amides is 2. The van der Waals surface area contributed by atoms with Crippen molar-refractivity contribution < 1.29 is 13.6 Å². The van der Waals surface area contributed by atoms with E-state index in [-0.39, 0.29) is 27.8 Å². The average Bonchev–Trinajstić information content (AvgIpc) is 3.22. The number of imidazole rings is 1. The predicted molar refractivity (Wildman–Crippen MR) is 132 cm³/mol. The predicted octanol–water partition coefficient (Wildman–Crippen LogP) is 5.99. The maximum Gasteiger partial charge on any atom is 0.323 e. The highest BCUT2D eigenvalue weighted by molar-refractivity contribution is 6.30. The SMILES string of the molecule is CC(C)(C)c1nc(-c2cc(F)cc(NC(=O)Nc3ccc(Cl)cc3F)c2)c(-c2ccnc(N)n2)[nH]1. The molecule has 0 saturated carbocycles. The lowest BCUT2D eigenvalue weighted by Gasteiger charge is -2.14. The molecule has 11 heteroatoms. The van der Waals surface area contributed by atoms with E-state index in [2.05, 4.69) is 25.6 Å². The summed E-state index contributed by atoms with van der Waals surface area (Å²) in [7, 11) is 0. The van der Waals surface area contributed by atoms with Crippen molar-refractivity contribution in [3.63, 3.8) is 0 Å². The van der Waals surface area contributed by atoms with Crippen LogP contribution in [0.5, 0.6) is 0 Å². The highest BCUT2D eigenvalue weighted by atomic mass is 35.5. The maximum atomic E-state index is 14.6. The number of nitrogens with one attached hydrogen (secondary N) is 3. The molecule has 4 rings (SSSR count). The van der Waals surface area contributed by atoms with E-state index in [0.717, 1.165) is 12.1 Å². The lowest BCUT2D eigenvalue weighted by atomic mass is 9.96. The van der Waals surface area contributed by atoms with Crippen LogP contribution in [0.25, 0.3) is 22.6 Å². The first-order valence-corrected chi connectivity index (χ1v) is 10.9. The number of benzene rings is 2. The standard InChI is InChI=1S/C24H22ClF2N7O/c1-24(2,3)21-33-19(20(34-21)18-6-7-29-22(28)31-18)12-8-14(26)11-15(9-12)30-23(35)32-17-5-4-13(25)10-16(17)27/h4-11H,1-3H3,(H,33,34)(H2,28,29,31)(H2,30,32,35). The molecule has 180 valence electrons. The number of carbonyl (C=O) groups excluding carboxylic acids is 1. The monoisotopic (exact) mass is 497 g/mol. The largest absolute Gasteiger partial charge is 0.368 e. The number of nitrogens with zero attached hydrogens (tertiary/aromatic N) is 3. The molecule has 2 aromatic carbocycles. The topological polar surface area (TPSA) is 122 Å². The summed E-state index contributed by atoms with van der Waals surface area (Å²) in [4.78, 5) is 28.6. The van der Waals surface area contributed by atoms with Crippen LogP contribution in [0.4, 0.5) is 30.9 Å². The van der Waals surface area contributed by atoms with Crippen LogP contribution in [0.1, 0.15) is 26.6 Å². The summed E-state index contributed by atoms with van der Waals surface area (Å²) in [5, 5.41) is 5.08. The summed E-state index contributed by atoms with van der Waals surface area (Å²) in [6.07, 6.45) is 1.51. The Morgan fingerprint density at radius 1 is 1.06 bits per heavy atom. The van der Waals surface area contributed by atoms with Gasteiger partial charge in [0.2, 0.25) is 5.95 Å².